The molecule has 0 radical (unpaired) electrons. The molecule has 1 rings (SSSR count). The number of methoxy groups -OCH3 is 1. The Kier molecular flexibility index (Phi) is 3.67. The van der Waals surface area contributed by atoms with Crippen molar-refractivity contribution in [1.82, 2.24) is 0 Å². The SMILES string of the molecule is COc1cccc(C(C)C)c1SC. The van der Waals surface area contributed by atoms with Crippen LogP contribution in [-0.2, 0) is 0 Å². The molecule has 1 nitrogen and oxygen atoms in total. The van der Waals surface area contributed by atoms with Crippen molar-refractivity contribution in [3.63, 3.8) is 0 Å². The zero-order chi connectivity index (χ0) is 9.84. The summed E-state index contributed by atoms with van der Waals surface area (Å²) in [6, 6.07) is 6.23. The lowest BCUT2D eigenvalue weighted by molar-refractivity contribution is 0.403. The monoisotopic (exact) mass is 196 g/mol. The highest BCUT2D eigenvalue weighted by Crippen LogP contribution is 2.34. The Labute approximate surface area is 84.5 Å². The standard InChI is InChI=1S/C11H16OS/c1-8(2)9-6-5-7-10(12-3)11(9)13-4/h5-8H,1-4H3. The van der Waals surface area contributed by atoms with Gasteiger partial charge >= 0.3 is 0 Å². The van der Waals surface area contributed by atoms with Gasteiger partial charge in [-0.15, -0.1) is 11.8 Å². The van der Waals surface area contributed by atoms with Crippen LogP contribution in [0.25, 0.3) is 0 Å². The number of benzene rings is 1. The zero-order valence-corrected chi connectivity index (χ0v) is 9.44. The van der Waals surface area contributed by atoms with E-state index in [9.17, 15) is 0 Å². The van der Waals surface area contributed by atoms with Crippen molar-refractivity contribution < 1.29 is 4.74 Å². The highest BCUT2D eigenvalue weighted by Gasteiger charge is 2.09. The highest BCUT2D eigenvalue weighted by molar-refractivity contribution is 7.98. The van der Waals surface area contributed by atoms with Crippen molar-refractivity contribution in [3.05, 3.63) is 23.8 Å². The van der Waals surface area contributed by atoms with Gasteiger partial charge in [0, 0.05) is 0 Å². The van der Waals surface area contributed by atoms with Gasteiger partial charge in [0.15, 0.2) is 0 Å². The minimum Gasteiger partial charge on any atom is -0.496 e. The molecular formula is C11H16OS. The molecule has 0 aliphatic carbocycles. The molecule has 0 fully saturated rings. The van der Waals surface area contributed by atoms with Crippen LogP contribution in [-0.4, -0.2) is 13.4 Å². The molecule has 1 aromatic rings. The van der Waals surface area contributed by atoms with Crippen LogP contribution in [0.2, 0.25) is 0 Å². The van der Waals surface area contributed by atoms with Gasteiger partial charge in [-0.2, -0.15) is 0 Å². The molecule has 0 N–H and O–H groups in total. The maximum atomic E-state index is 5.31. The van der Waals surface area contributed by atoms with Gasteiger partial charge in [-0.3, -0.25) is 0 Å². The molecule has 0 saturated heterocycles. The van der Waals surface area contributed by atoms with Crippen LogP contribution in [0.5, 0.6) is 5.75 Å². The lowest BCUT2D eigenvalue weighted by Gasteiger charge is -2.13. The molecule has 13 heavy (non-hydrogen) atoms. The van der Waals surface area contributed by atoms with E-state index >= 15 is 0 Å². The summed E-state index contributed by atoms with van der Waals surface area (Å²) in [5.41, 5.74) is 1.37. The Hall–Kier alpha value is -0.630. The molecule has 0 aromatic heterocycles. The Bertz CT molecular complexity index is 281. The van der Waals surface area contributed by atoms with E-state index in [1.807, 2.05) is 12.1 Å². The zero-order valence-electron chi connectivity index (χ0n) is 8.63. The topological polar surface area (TPSA) is 9.23 Å². The first-order valence-electron chi connectivity index (χ1n) is 4.41. The minimum absolute atomic E-state index is 0.553. The van der Waals surface area contributed by atoms with E-state index in [-0.39, 0.29) is 0 Å². The number of thioether (sulfide) groups is 1. The summed E-state index contributed by atoms with van der Waals surface area (Å²) in [6.07, 6.45) is 2.09. The van der Waals surface area contributed by atoms with Crippen LogP contribution >= 0.6 is 11.8 Å². The van der Waals surface area contributed by atoms with E-state index in [2.05, 4.69) is 26.2 Å². The van der Waals surface area contributed by atoms with Crippen molar-refractivity contribution in [2.24, 2.45) is 0 Å². The molecular weight excluding hydrogens is 180 g/mol. The second kappa shape index (κ2) is 4.56. The fourth-order valence-electron chi connectivity index (χ4n) is 1.37. The first kappa shape index (κ1) is 10.5. The van der Waals surface area contributed by atoms with Gasteiger partial charge in [0.2, 0.25) is 0 Å². The van der Waals surface area contributed by atoms with E-state index in [4.69, 9.17) is 4.74 Å². The van der Waals surface area contributed by atoms with Crippen molar-refractivity contribution in [3.8, 4) is 5.75 Å². The lowest BCUT2D eigenvalue weighted by atomic mass is 10.0. The predicted octanol–water partition coefficient (Wildman–Crippen LogP) is 3.54. The number of rotatable bonds is 3. The van der Waals surface area contributed by atoms with Gasteiger partial charge in [-0.1, -0.05) is 26.0 Å². The third kappa shape index (κ3) is 2.19. The molecule has 0 aliphatic heterocycles. The van der Waals surface area contributed by atoms with E-state index in [0.717, 1.165) is 5.75 Å². The second-order valence-corrected chi connectivity index (χ2v) is 4.05. The largest absolute Gasteiger partial charge is 0.496 e. The summed E-state index contributed by atoms with van der Waals surface area (Å²) in [7, 11) is 1.72. The summed E-state index contributed by atoms with van der Waals surface area (Å²) in [6.45, 7) is 4.41. The fraction of sp³-hybridized carbons (Fsp3) is 0.455. The molecule has 0 aliphatic rings. The van der Waals surface area contributed by atoms with Crippen LogP contribution in [0.4, 0.5) is 0 Å². The van der Waals surface area contributed by atoms with Crippen LogP contribution in [0.3, 0.4) is 0 Å². The third-order valence-corrected chi connectivity index (χ3v) is 2.90. The van der Waals surface area contributed by atoms with Crippen molar-refractivity contribution in [2.45, 2.75) is 24.7 Å². The molecule has 0 saturated carbocycles. The average molecular weight is 196 g/mol. The first-order valence-corrected chi connectivity index (χ1v) is 5.64. The van der Waals surface area contributed by atoms with Crippen molar-refractivity contribution in [1.29, 1.82) is 0 Å². The van der Waals surface area contributed by atoms with Crippen LogP contribution in [0, 0.1) is 0 Å². The summed E-state index contributed by atoms with van der Waals surface area (Å²) < 4.78 is 5.31. The highest BCUT2D eigenvalue weighted by atomic mass is 32.2. The van der Waals surface area contributed by atoms with E-state index < -0.39 is 0 Å². The van der Waals surface area contributed by atoms with E-state index in [1.165, 1.54) is 10.5 Å². The molecule has 0 unspecified atom stereocenters. The molecule has 1 aromatic carbocycles. The molecule has 0 heterocycles. The minimum atomic E-state index is 0.553. The van der Waals surface area contributed by atoms with E-state index in [1.54, 1.807) is 18.9 Å². The van der Waals surface area contributed by atoms with Crippen molar-refractivity contribution >= 4 is 11.8 Å². The Morgan fingerprint density at radius 1 is 1.31 bits per heavy atom. The van der Waals surface area contributed by atoms with Crippen LogP contribution in [0.1, 0.15) is 25.3 Å². The lowest BCUT2D eigenvalue weighted by Crippen LogP contribution is -1.94. The smallest absolute Gasteiger partial charge is 0.132 e. The predicted molar refractivity (Wildman–Crippen MR) is 58.9 cm³/mol. The Morgan fingerprint density at radius 3 is 2.46 bits per heavy atom. The Morgan fingerprint density at radius 2 is 2.00 bits per heavy atom. The summed E-state index contributed by atoms with van der Waals surface area (Å²) >= 11 is 1.75. The van der Waals surface area contributed by atoms with Gasteiger partial charge in [-0.05, 0) is 23.8 Å². The third-order valence-electron chi connectivity index (χ3n) is 2.06. The van der Waals surface area contributed by atoms with Crippen LogP contribution < -0.4 is 4.74 Å². The van der Waals surface area contributed by atoms with Crippen molar-refractivity contribution in [2.75, 3.05) is 13.4 Å². The molecule has 2 heteroatoms. The van der Waals surface area contributed by atoms with Gasteiger partial charge in [-0.25, -0.2) is 0 Å². The summed E-state index contributed by atoms with van der Waals surface area (Å²) in [5, 5.41) is 0. The number of ether oxygens (including phenoxy) is 1. The molecule has 0 atom stereocenters. The maximum absolute atomic E-state index is 5.31. The normalized spacial score (nSPS) is 10.5. The molecule has 72 valence electrons. The number of hydrogen-bond acceptors (Lipinski definition) is 2. The van der Waals surface area contributed by atoms with Crippen LogP contribution in [0.15, 0.2) is 23.1 Å². The fourth-order valence-corrected chi connectivity index (χ4v) is 2.26. The summed E-state index contributed by atoms with van der Waals surface area (Å²) in [5.74, 6) is 1.54. The average Bonchev–Trinajstić information content (AvgIpc) is 2.16. The Balaban J connectivity index is 3.19. The van der Waals surface area contributed by atoms with Gasteiger partial charge in [0.05, 0.1) is 12.0 Å². The quantitative estimate of drug-likeness (QED) is 0.684. The van der Waals surface area contributed by atoms with E-state index in [0.29, 0.717) is 5.92 Å². The molecule has 0 amide bonds. The van der Waals surface area contributed by atoms with Gasteiger partial charge in [0.1, 0.15) is 5.75 Å². The first-order chi connectivity index (χ1) is 6.20. The van der Waals surface area contributed by atoms with Gasteiger partial charge < -0.3 is 4.74 Å². The van der Waals surface area contributed by atoms with Gasteiger partial charge in [0.25, 0.3) is 0 Å². The number of hydrogen-bond donors (Lipinski definition) is 0. The summed E-state index contributed by atoms with van der Waals surface area (Å²) in [4.78, 5) is 1.26. The molecule has 0 bridgehead atoms. The second-order valence-electron chi connectivity index (χ2n) is 3.24. The molecule has 0 spiro atoms. The maximum Gasteiger partial charge on any atom is 0.132 e.